The standard InChI is InChI=1S/C20H34O4S/c1-4-6-8-11-18-13-10-14-19(12-9-7-5-2)20(18)24-17(3)15-16-25(21,22)23/h10,13-14,17H,4-9,11-12,15-16H2,1-3H3,(H,21,22,23). The van der Waals surface area contributed by atoms with Crippen LogP contribution >= 0.6 is 0 Å². The fourth-order valence-electron chi connectivity index (χ4n) is 2.89. The van der Waals surface area contributed by atoms with E-state index in [1.807, 2.05) is 6.92 Å². The summed E-state index contributed by atoms with van der Waals surface area (Å²) in [6.45, 7) is 6.25. The van der Waals surface area contributed by atoms with Crippen molar-refractivity contribution in [3.63, 3.8) is 0 Å². The van der Waals surface area contributed by atoms with E-state index < -0.39 is 10.1 Å². The average molecular weight is 371 g/mol. The maximum Gasteiger partial charge on any atom is 0.264 e. The minimum Gasteiger partial charge on any atom is -0.490 e. The van der Waals surface area contributed by atoms with Gasteiger partial charge in [-0.2, -0.15) is 8.42 Å². The minimum absolute atomic E-state index is 0.251. The lowest BCUT2D eigenvalue weighted by Gasteiger charge is -2.20. The largest absolute Gasteiger partial charge is 0.490 e. The van der Waals surface area contributed by atoms with Gasteiger partial charge in [0, 0.05) is 6.42 Å². The Morgan fingerprint density at radius 2 is 1.52 bits per heavy atom. The van der Waals surface area contributed by atoms with Gasteiger partial charge < -0.3 is 4.74 Å². The van der Waals surface area contributed by atoms with Crippen molar-refractivity contribution in [3.8, 4) is 5.75 Å². The molecule has 0 aromatic heterocycles. The first kappa shape index (κ1) is 22.0. The van der Waals surface area contributed by atoms with Gasteiger partial charge in [-0.3, -0.25) is 4.55 Å². The van der Waals surface area contributed by atoms with Crippen molar-refractivity contribution in [2.24, 2.45) is 0 Å². The molecule has 0 spiro atoms. The molecule has 0 amide bonds. The van der Waals surface area contributed by atoms with E-state index in [9.17, 15) is 8.42 Å². The average Bonchev–Trinajstić information content (AvgIpc) is 2.55. The predicted octanol–water partition coefficient (Wildman–Crippen LogP) is 5.20. The van der Waals surface area contributed by atoms with Crippen molar-refractivity contribution in [2.45, 2.75) is 84.7 Å². The number of benzene rings is 1. The maximum absolute atomic E-state index is 11.0. The molecule has 0 radical (unpaired) electrons. The zero-order chi connectivity index (χ0) is 18.7. The van der Waals surface area contributed by atoms with Gasteiger partial charge >= 0.3 is 0 Å². The van der Waals surface area contributed by atoms with Gasteiger partial charge in [0.1, 0.15) is 5.75 Å². The summed E-state index contributed by atoms with van der Waals surface area (Å²) in [6, 6.07) is 6.33. The summed E-state index contributed by atoms with van der Waals surface area (Å²) in [7, 11) is -3.95. The molecule has 0 heterocycles. The van der Waals surface area contributed by atoms with E-state index in [1.54, 1.807) is 0 Å². The van der Waals surface area contributed by atoms with E-state index in [1.165, 1.54) is 36.8 Å². The highest BCUT2D eigenvalue weighted by Gasteiger charge is 2.15. The third-order valence-electron chi connectivity index (χ3n) is 4.38. The van der Waals surface area contributed by atoms with Crippen LogP contribution in [0.2, 0.25) is 0 Å². The number of rotatable bonds is 13. The second-order valence-corrected chi connectivity index (χ2v) is 8.39. The molecule has 0 fully saturated rings. The van der Waals surface area contributed by atoms with E-state index >= 15 is 0 Å². The molecule has 0 saturated carbocycles. The van der Waals surface area contributed by atoms with Crippen molar-refractivity contribution in [3.05, 3.63) is 29.3 Å². The van der Waals surface area contributed by atoms with Gasteiger partial charge in [0.25, 0.3) is 10.1 Å². The zero-order valence-electron chi connectivity index (χ0n) is 16.0. The predicted molar refractivity (Wildman–Crippen MR) is 104 cm³/mol. The highest BCUT2D eigenvalue weighted by atomic mass is 32.2. The van der Waals surface area contributed by atoms with Gasteiger partial charge in [0.15, 0.2) is 0 Å². The van der Waals surface area contributed by atoms with Gasteiger partial charge in [0.05, 0.1) is 11.9 Å². The second kappa shape index (κ2) is 11.5. The normalized spacial score (nSPS) is 13.0. The number of para-hydroxylation sites is 1. The van der Waals surface area contributed by atoms with E-state index in [2.05, 4.69) is 32.0 Å². The SMILES string of the molecule is CCCCCc1cccc(CCCCC)c1OC(C)CCS(=O)(=O)O. The van der Waals surface area contributed by atoms with Crippen LogP contribution in [-0.2, 0) is 23.0 Å². The highest BCUT2D eigenvalue weighted by Crippen LogP contribution is 2.29. The lowest BCUT2D eigenvalue weighted by atomic mass is 9.99. The third-order valence-corrected chi connectivity index (χ3v) is 5.13. The summed E-state index contributed by atoms with van der Waals surface area (Å²) in [4.78, 5) is 0. The molecular weight excluding hydrogens is 336 g/mol. The molecule has 0 bridgehead atoms. The quantitative estimate of drug-likeness (QED) is 0.383. The molecule has 1 atom stereocenters. The summed E-state index contributed by atoms with van der Waals surface area (Å²) in [5.74, 6) is 0.662. The third kappa shape index (κ3) is 9.26. The number of aryl methyl sites for hydroxylation is 2. The van der Waals surface area contributed by atoms with Gasteiger partial charge in [-0.1, -0.05) is 57.7 Å². The molecule has 1 aromatic carbocycles. The van der Waals surface area contributed by atoms with Crippen LogP contribution in [0.5, 0.6) is 5.75 Å². The molecule has 0 aliphatic carbocycles. The van der Waals surface area contributed by atoms with E-state index in [4.69, 9.17) is 9.29 Å². The molecule has 0 aliphatic heterocycles. The Morgan fingerprint density at radius 1 is 1.00 bits per heavy atom. The van der Waals surface area contributed by atoms with Crippen molar-refractivity contribution in [1.29, 1.82) is 0 Å². The Hall–Kier alpha value is -1.07. The first-order valence-corrected chi connectivity index (χ1v) is 11.2. The molecule has 0 saturated heterocycles. The molecule has 144 valence electrons. The summed E-state index contributed by atoms with van der Waals surface area (Å²) < 4.78 is 37.0. The molecule has 0 aliphatic rings. The van der Waals surface area contributed by atoms with Gasteiger partial charge in [-0.25, -0.2) is 0 Å². The van der Waals surface area contributed by atoms with Gasteiger partial charge in [0.2, 0.25) is 0 Å². The van der Waals surface area contributed by atoms with E-state index in [0.717, 1.165) is 31.4 Å². The number of hydrogen-bond acceptors (Lipinski definition) is 3. The Labute approximate surface area is 153 Å². The van der Waals surface area contributed by atoms with Crippen LogP contribution in [-0.4, -0.2) is 24.8 Å². The van der Waals surface area contributed by atoms with Crippen LogP contribution in [0.25, 0.3) is 0 Å². The number of unbranched alkanes of at least 4 members (excludes halogenated alkanes) is 4. The lowest BCUT2D eigenvalue weighted by molar-refractivity contribution is 0.212. The molecule has 1 rings (SSSR count). The van der Waals surface area contributed by atoms with Crippen LogP contribution < -0.4 is 4.74 Å². The Morgan fingerprint density at radius 3 is 1.96 bits per heavy atom. The molecule has 4 nitrogen and oxygen atoms in total. The van der Waals surface area contributed by atoms with Crippen molar-refractivity contribution < 1.29 is 17.7 Å². The van der Waals surface area contributed by atoms with Crippen LogP contribution in [0.15, 0.2) is 18.2 Å². The monoisotopic (exact) mass is 370 g/mol. The molecule has 25 heavy (non-hydrogen) atoms. The highest BCUT2D eigenvalue weighted by molar-refractivity contribution is 7.85. The van der Waals surface area contributed by atoms with Gasteiger partial charge in [-0.15, -0.1) is 0 Å². The summed E-state index contributed by atoms with van der Waals surface area (Å²) in [5, 5.41) is 0. The smallest absolute Gasteiger partial charge is 0.264 e. The maximum atomic E-state index is 11.0. The Bertz CT molecular complexity index is 567. The Kier molecular flexibility index (Phi) is 10.1. The molecule has 1 aromatic rings. The van der Waals surface area contributed by atoms with Crippen LogP contribution in [0.3, 0.4) is 0 Å². The van der Waals surface area contributed by atoms with Crippen molar-refractivity contribution >= 4 is 10.1 Å². The van der Waals surface area contributed by atoms with Crippen LogP contribution in [0.1, 0.15) is 76.8 Å². The minimum atomic E-state index is -3.95. The fourth-order valence-corrected chi connectivity index (χ4v) is 3.52. The topological polar surface area (TPSA) is 63.6 Å². The lowest BCUT2D eigenvalue weighted by Crippen LogP contribution is -2.19. The number of hydrogen-bond donors (Lipinski definition) is 1. The van der Waals surface area contributed by atoms with Crippen LogP contribution in [0.4, 0.5) is 0 Å². The summed E-state index contributed by atoms with van der Waals surface area (Å²) in [6.07, 6.45) is 9.00. The molecule has 1 N–H and O–H groups in total. The Balaban J connectivity index is 2.87. The van der Waals surface area contributed by atoms with E-state index in [0.29, 0.717) is 0 Å². The van der Waals surface area contributed by atoms with E-state index in [-0.39, 0.29) is 18.3 Å². The van der Waals surface area contributed by atoms with Crippen molar-refractivity contribution in [2.75, 3.05) is 5.75 Å². The number of ether oxygens (including phenoxy) is 1. The first-order valence-electron chi connectivity index (χ1n) is 9.60. The van der Waals surface area contributed by atoms with Crippen LogP contribution in [0, 0.1) is 0 Å². The molecule has 5 heteroatoms. The second-order valence-electron chi connectivity index (χ2n) is 6.82. The fraction of sp³-hybridized carbons (Fsp3) is 0.700. The van der Waals surface area contributed by atoms with Crippen molar-refractivity contribution in [1.82, 2.24) is 0 Å². The molecular formula is C20H34O4S. The summed E-state index contributed by atoms with van der Waals surface area (Å²) >= 11 is 0. The van der Waals surface area contributed by atoms with Gasteiger partial charge in [-0.05, 0) is 43.7 Å². The summed E-state index contributed by atoms with van der Waals surface area (Å²) in [5.41, 5.74) is 2.42. The molecule has 1 unspecified atom stereocenters. The zero-order valence-corrected chi connectivity index (χ0v) is 16.8. The first-order chi connectivity index (χ1) is 11.9.